The van der Waals surface area contributed by atoms with Crippen LogP contribution in [0.5, 0.6) is 0 Å². The van der Waals surface area contributed by atoms with E-state index in [-0.39, 0.29) is 34.3 Å². The summed E-state index contributed by atoms with van der Waals surface area (Å²) in [5.74, 6) is -4.68. The molecular formula is C28H19ClF7N5O2. The molecule has 1 aromatic heterocycles. The van der Waals surface area contributed by atoms with Crippen molar-refractivity contribution in [1.82, 2.24) is 9.13 Å². The van der Waals surface area contributed by atoms with E-state index in [2.05, 4.69) is 10.3 Å². The Morgan fingerprint density at radius 2 is 1.79 bits per heavy atom. The minimum absolute atomic E-state index is 0.0279. The topological polar surface area (TPSA) is 92.2 Å². The van der Waals surface area contributed by atoms with E-state index in [1.807, 2.05) is 6.07 Å². The highest BCUT2D eigenvalue weighted by Crippen LogP contribution is 2.34. The number of benzene rings is 3. The molecule has 0 saturated carbocycles. The first-order valence-corrected chi connectivity index (χ1v) is 12.7. The van der Waals surface area contributed by atoms with E-state index in [1.54, 1.807) is 6.92 Å². The fourth-order valence-electron chi connectivity index (χ4n) is 4.57. The van der Waals surface area contributed by atoms with Crippen LogP contribution < -0.4 is 10.9 Å². The summed E-state index contributed by atoms with van der Waals surface area (Å²) in [6.45, 7) is 0.831. The number of aromatic nitrogens is 2. The maximum atomic E-state index is 14.1. The van der Waals surface area contributed by atoms with Gasteiger partial charge in [-0.15, -0.1) is 0 Å². The molecule has 4 rings (SSSR count). The first-order chi connectivity index (χ1) is 20.2. The zero-order chi connectivity index (χ0) is 31.8. The third kappa shape index (κ3) is 6.12. The second-order valence-electron chi connectivity index (χ2n) is 9.12. The van der Waals surface area contributed by atoms with Crippen LogP contribution in [0.2, 0.25) is 5.02 Å². The second-order valence-corrected chi connectivity index (χ2v) is 9.53. The summed E-state index contributed by atoms with van der Waals surface area (Å²) in [4.78, 5) is 31.2. The van der Waals surface area contributed by atoms with Crippen molar-refractivity contribution in [3.8, 4) is 6.07 Å². The molecule has 0 radical (unpaired) electrons. The fourth-order valence-corrected chi connectivity index (χ4v) is 4.78. The van der Waals surface area contributed by atoms with Crippen LogP contribution in [0.1, 0.15) is 44.3 Å². The van der Waals surface area contributed by atoms with Gasteiger partial charge in [0.25, 0.3) is 12.3 Å². The van der Waals surface area contributed by atoms with E-state index in [0.29, 0.717) is 12.1 Å². The normalized spacial score (nSPS) is 12.2. The van der Waals surface area contributed by atoms with Crippen LogP contribution in [0.3, 0.4) is 0 Å². The van der Waals surface area contributed by atoms with Crippen molar-refractivity contribution < 1.29 is 40.3 Å². The number of imidazole rings is 1. The van der Waals surface area contributed by atoms with Gasteiger partial charge in [-0.1, -0.05) is 11.6 Å². The molecule has 15 heteroatoms. The van der Waals surface area contributed by atoms with Crippen LogP contribution in [0.4, 0.5) is 36.4 Å². The summed E-state index contributed by atoms with van der Waals surface area (Å²) in [5, 5.41) is 12.2. The number of nitrogens with zero attached hydrogens (tertiary/aromatic N) is 4. The number of ketones is 1. The second kappa shape index (κ2) is 11.9. The van der Waals surface area contributed by atoms with Gasteiger partial charge in [0.15, 0.2) is 5.78 Å². The first kappa shape index (κ1) is 31.3. The van der Waals surface area contributed by atoms with Gasteiger partial charge in [0.05, 0.1) is 45.0 Å². The zero-order valence-electron chi connectivity index (χ0n) is 22.2. The molecule has 1 heterocycles. The van der Waals surface area contributed by atoms with Gasteiger partial charge in [0, 0.05) is 24.7 Å². The summed E-state index contributed by atoms with van der Waals surface area (Å²) in [5.41, 5.74) is -4.46. The molecule has 7 nitrogen and oxygen atoms in total. The van der Waals surface area contributed by atoms with E-state index < -0.39 is 76.0 Å². The van der Waals surface area contributed by atoms with Crippen molar-refractivity contribution in [3.05, 3.63) is 92.6 Å². The van der Waals surface area contributed by atoms with Gasteiger partial charge in [-0.05, 0) is 49.4 Å². The number of aryl methyl sites for hydroxylation is 1. The van der Waals surface area contributed by atoms with Crippen LogP contribution in [-0.4, -0.2) is 33.8 Å². The monoisotopic (exact) mass is 625 g/mol. The fraction of sp³-hybridized carbons (Fsp3) is 0.214. The Kier molecular flexibility index (Phi) is 8.68. The maximum absolute atomic E-state index is 14.1. The SMILES string of the molecule is CCN=c1n(C)c2c(C#N)c(C(=O)c3cc(F)ccc3Cl)c(NC(=O)c3cc(F)cc(C(F)(F)F)c3)cc2n1CC(F)F. The van der Waals surface area contributed by atoms with E-state index in [1.165, 1.54) is 11.6 Å². The Bertz CT molecular complexity index is 1890. The van der Waals surface area contributed by atoms with Crippen molar-refractivity contribution in [2.75, 3.05) is 11.9 Å². The zero-order valence-corrected chi connectivity index (χ0v) is 22.9. The van der Waals surface area contributed by atoms with Gasteiger partial charge in [0.2, 0.25) is 5.62 Å². The lowest BCUT2D eigenvalue weighted by atomic mass is 9.95. The summed E-state index contributed by atoms with van der Waals surface area (Å²) >= 11 is 6.13. The van der Waals surface area contributed by atoms with Crippen LogP contribution in [-0.2, 0) is 19.8 Å². The molecule has 1 amide bonds. The third-order valence-electron chi connectivity index (χ3n) is 6.31. The number of anilines is 1. The number of hydrogen-bond acceptors (Lipinski definition) is 4. The molecule has 0 bridgehead atoms. The highest BCUT2D eigenvalue weighted by Gasteiger charge is 2.33. The standard InChI is InChI=1S/C28H19ClF7N5O2/c1-3-38-27-40(2)24-18(11-37)23(25(42)17-9-15(30)4-5-19(17)29)20(10-21(24)41(27)12-22(32)33)39-26(43)13-6-14(28(34,35)36)8-16(31)7-13/h4-10,22H,3,12H2,1-2H3,(H,39,43). The van der Waals surface area contributed by atoms with Crippen molar-refractivity contribution in [3.63, 3.8) is 0 Å². The number of fused-ring (bicyclic) bond motifs is 1. The molecule has 3 aromatic carbocycles. The Labute approximate surface area is 243 Å². The maximum Gasteiger partial charge on any atom is 0.416 e. The lowest BCUT2D eigenvalue weighted by Crippen LogP contribution is -2.27. The number of halogens is 8. The summed E-state index contributed by atoms with van der Waals surface area (Å²) in [6, 6.07) is 6.70. The van der Waals surface area contributed by atoms with Crippen molar-refractivity contribution in [2.24, 2.45) is 12.0 Å². The van der Waals surface area contributed by atoms with Crippen LogP contribution in [0.15, 0.2) is 47.5 Å². The van der Waals surface area contributed by atoms with E-state index in [9.17, 15) is 45.6 Å². The first-order valence-electron chi connectivity index (χ1n) is 12.3. The Morgan fingerprint density at radius 1 is 1.09 bits per heavy atom. The molecule has 0 unspecified atom stereocenters. The van der Waals surface area contributed by atoms with Gasteiger partial charge in [-0.2, -0.15) is 18.4 Å². The molecule has 43 heavy (non-hydrogen) atoms. The van der Waals surface area contributed by atoms with Crippen molar-refractivity contribution in [2.45, 2.75) is 26.1 Å². The van der Waals surface area contributed by atoms with E-state index >= 15 is 0 Å². The number of nitrogens with one attached hydrogen (secondary N) is 1. The predicted octanol–water partition coefficient (Wildman–Crippen LogP) is 6.47. The van der Waals surface area contributed by atoms with Gasteiger partial charge in [-0.25, -0.2) is 17.6 Å². The van der Waals surface area contributed by atoms with Crippen LogP contribution >= 0.6 is 11.6 Å². The highest BCUT2D eigenvalue weighted by molar-refractivity contribution is 6.35. The molecule has 0 fully saturated rings. The number of nitriles is 1. The van der Waals surface area contributed by atoms with E-state index in [0.717, 1.165) is 28.8 Å². The quantitative estimate of drug-likeness (QED) is 0.188. The number of alkyl halides is 5. The van der Waals surface area contributed by atoms with Gasteiger partial charge < -0.3 is 14.5 Å². The lowest BCUT2D eigenvalue weighted by molar-refractivity contribution is -0.137. The van der Waals surface area contributed by atoms with Gasteiger partial charge in [0.1, 0.15) is 17.7 Å². The minimum atomic E-state index is -5.01. The molecule has 0 aliphatic heterocycles. The van der Waals surface area contributed by atoms with Crippen molar-refractivity contribution >= 4 is 40.0 Å². The average molecular weight is 626 g/mol. The molecule has 4 aromatic rings. The Balaban J connectivity index is 2.07. The number of carbonyl (C=O) groups excluding carboxylic acids is 2. The highest BCUT2D eigenvalue weighted by atomic mass is 35.5. The molecule has 1 N–H and O–H groups in total. The number of amides is 1. The molecule has 0 aliphatic rings. The molecule has 0 atom stereocenters. The predicted molar refractivity (Wildman–Crippen MR) is 142 cm³/mol. The van der Waals surface area contributed by atoms with E-state index in [4.69, 9.17) is 11.6 Å². The Hall–Kier alpha value is -4.64. The average Bonchev–Trinajstić information content (AvgIpc) is 3.17. The van der Waals surface area contributed by atoms with Crippen LogP contribution in [0, 0.1) is 23.0 Å². The summed E-state index contributed by atoms with van der Waals surface area (Å²) in [7, 11) is 1.40. The third-order valence-corrected chi connectivity index (χ3v) is 6.64. The largest absolute Gasteiger partial charge is 0.416 e. The number of rotatable bonds is 7. The molecule has 224 valence electrons. The summed E-state index contributed by atoms with van der Waals surface area (Å²) in [6.07, 6.45) is -7.92. The molecule has 0 spiro atoms. The van der Waals surface area contributed by atoms with Crippen molar-refractivity contribution in [1.29, 1.82) is 5.26 Å². The Morgan fingerprint density at radius 3 is 2.40 bits per heavy atom. The summed E-state index contributed by atoms with van der Waals surface area (Å²) < 4.78 is 97.7. The van der Waals surface area contributed by atoms with Gasteiger partial charge >= 0.3 is 6.18 Å². The molecule has 0 saturated heterocycles. The number of carbonyl (C=O) groups is 2. The number of hydrogen-bond donors (Lipinski definition) is 1. The smallest absolute Gasteiger partial charge is 0.321 e. The van der Waals surface area contributed by atoms with Gasteiger partial charge in [-0.3, -0.25) is 14.6 Å². The molecular weight excluding hydrogens is 607 g/mol. The minimum Gasteiger partial charge on any atom is -0.321 e. The molecule has 0 aliphatic carbocycles. The lowest BCUT2D eigenvalue weighted by Gasteiger charge is -2.16. The van der Waals surface area contributed by atoms with Crippen LogP contribution in [0.25, 0.3) is 11.0 Å².